The summed E-state index contributed by atoms with van der Waals surface area (Å²) in [6.07, 6.45) is -0.427. The number of hydrogen-bond acceptors (Lipinski definition) is 5. The van der Waals surface area contributed by atoms with E-state index in [1.54, 1.807) is 29.2 Å². The fourth-order valence-electron chi connectivity index (χ4n) is 3.54. The standard InChI is InChI=1S/C20H20ClNO5S/c21-16-6-2-1-5-14(16)11-22(15-9-10-28(24,25)13-15)20(23)19-12-26-17-7-3-4-8-18(17)27-19/h1-8,15,19H,9-13H2. The third kappa shape index (κ3) is 3.95. The Kier molecular flexibility index (Phi) is 5.21. The highest BCUT2D eigenvalue weighted by atomic mass is 35.5. The van der Waals surface area contributed by atoms with Crippen LogP contribution in [0.1, 0.15) is 12.0 Å². The third-order valence-corrected chi connectivity index (χ3v) is 7.13. The quantitative estimate of drug-likeness (QED) is 0.758. The van der Waals surface area contributed by atoms with Crippen LogP contribution in [0.25, 0.3) is 0 Å². The SMILES string of the molecule is O=C(C1COc2ccccc2O1)N(Cc1ccccc1Cl)C1CCS(=O)(=O)C1. The van der Waals surface area contributed by atoms with Gasteiger partial charge in [0.1, 0.15) is 6.61 Å². The lowest BCUT2D eigenvalue weighted by molar-refractivity contribution is -0.143. The summed E-state index contributed by atoms with van der Waals surface area (Å²) >= 11 is 6.28. The Morgan fingerprint density at radius 1 is 1.11 bits per heavy atom. The monoisotopic (exact) mass is 421 g/mol. The van der Waals surface area contributed by atoms with Crippen molar-refractivity contribution in [3.63, 3.8) is 0 Å². The van der Waals surface area contributed by atoms with Gasteiger partial charge in [-0.1, -0.05) is 41.9 Å². The molecule has 0 saturated carbocycles. The molecule has 0 radical (unpaired) electrons. The molecule has 2 heterocycles. The number of ether oxygens (including phenoxy) is 2. The van der Waals surface area contributed by atoms with Gasteiger partial charge in [-0.2, -0.15) is 0 Å². The number of carbonyl (C=O) groups is 1. The van der Waals surface area contributed by atoms with Crippen LogP contribution in [0.15, 0.2) is 48.5 Å². The molecule has 0 spiro atoms. The van der Waals surface area contributed by atoms with Gasteiger partial charge >= 0.3 is 0 Å². The van der Waals surface area contributed by atoms with Crippen LogP contribution >= 0.6 is 11.6 Å². The second kappa shape index (κ2) is 7.64. The summed E-state index contributed by atoms with van der Waals surface area (Å²) in [6, 6.07) is 14.0. The molecule has 0 N–H and O–H groups in total. The van der Waals surface area contributed by atoms with Crippen LogP contribution in [0.3, 0.4) is 0 Å². The van der Waals surface area contributed by atoms with Gasteiger partial charge < -0.3 is 14.4 Å². The average Bonchev–Trinajstić information content (AvgIpc) is 3.06. The highest BCUT2D eigenvalue weighted by Gasteiger charge is 2.39. The first kappa shape index (κ1) is 19.1. The molecule has 0 aromatic heterocycles. The molecule has 2 aliphatic heterocycles. The van der Waals surface area contributed by atoms with E-state index in [1.807, 2.05) is 24.3 Å². The van der Waals surface area contributed by atoms with Crippen molar-refractivity contribution >= 4 is 27.3 Å². The van der Waals surface area contributed by atoms with Crippen molar-refractivity contribution in [3.05, 3.63) is 59.1 Å². The second-order valence-electron chi connectivity index (χ2n) is 6.98. The number of halogens is 1. The van der Waals surface area contributed by atoms with E-state index in [9.17, 15) is 13.2 Å². The Labute approximate surface area is 168 Å². The molecule has 1 saturated heterocycles. The molecular weight excluding hydrogens is 402 g/mol. The zero-order valence-electron chi connectivity index (χ0n) is 15.1. The average molecular weight is 422 g/mol. The zero-order valence-corrected chi connectivity index (χ0v) is 16.7. The first-order chi connectivity index (χ1) is 13.4. The van der Waals surface area contributed by atoms with Crippen LogP contribution in [0.2, 0.25) is 5.02 Å². The number of para-hydroxylation sites is 2. The number of benzene rings is 2. The van der Waals surface area contributed by atoms with Crippen LogP contribution in [0, 0.1) is 0 Å². The molecule has 2 aromatic rings. The van der Waals surface area contributed by atoms with Gasteiger partial charge in [-0.25, -0.2) is 8.42 Å². The molecule has 2 aromatic carbocycles. The molecule has 4 rings (SSSR count). The number of carbonyl (C=O) groups excluding carboxylic acids is 1. The summed E-state index contributed by atoms with van der Waals surface area (Å²) in [7, 11) is -3.15. The van der Waals surface area contributed by atoms with Gasteiger partial charge in [-0.15, -0.1) is 0 Å². The van der Waals surface area contributed by atoms with Gasteiger partial charge in [0.2, 0.25) is 6.10 Å². The lowest BCUT2D eigenvalue weighted by Crippen LogP contribution is -2.50. The lowest BCUT2D eigenvalue weighted by Gasteiger charge is -2.34. The Hall–Kier alpha value is -2.25. The van der Waals surface area contributed by atoms with E-state index in [-0.39, 0.29) is 30.6 Å². The summed E-state index contributed by atoms with van der Waals surface area (Å²) in [6.45, 7) is 0.300. The van der Waals surface area contributed by atoms with Gasteiger partial charge in [0, 0.05) is 17.6 Å². The van der Waals surface area contributed by atoms with E-state index in [4.69, 9.17) is 21.1 Å². The van der Waals surface area contributed by atoms with E-state index >= 15 is 0 Å². The number of rotatable bonds is 4. The van der Waals surface area contributed by atoms with Gasteiger partial charge in [-0.3, -0.25) is 4.79 Å². The zero-order chi connectivity index (χ0) is 19.7. The van der Waals surface area contributed by atoms with E-state index in [0.29, 0.717) is 22.9 Å². The topological polar surface area (TPSA) is 72.9 Å². The Bertz CT molecular complexity index is 994. The fourth-order valence-corrected chi connectivity index (χ4v) is 5.47. The molecule has 0 aliphatic carbocycles. The molecule has 2 unspecified atom stereocenters. The first-order valence-corrected chi connectivity index (χ1v) is 11.3. The van der Waals surface area contributed by atoms with Gasteiger partial charge in [0.25, 0.3) is 5.91 Å². The Balaban J connectivity index is 1.60. The first-order valence-electron chi connectivity index (χ1n) is 9.06. The Morgan fingerprint density at radius 3 is 2.54 bits per heavy atom. The predicted octanol–water partition coefficient (Wildman–Crippen LogP) is 2.70. The van der Waals surface area contributed by atoms with Crippen molar-refractivity contribution in [2.24, 2.45) is 0 Å². The molecule has 0 bridgehead atoms. The van der Waals surface area contributed by atoms with E-state index in [1.165, 1.54) is 0 Å². The highest BCUT2D eigenvalue weighted by molar-refractivity contribution is 7.91. The lowest BCUT2D eigenvalue weighted by atomic mass is 10.1. The number of fused-ring (bicyclic) bond motifs is 1. The predicted molar refractivity (Wildman–Crippen MR) is 105 cm³/mol. The summed E-state index contributed by atoms with van der Waals surface area (Å²) in [5.41, 5.74) is 0.763. The molecule has 6 nitrogen and oxygen atoms in total. The van der Waals surface area contributed by atoms with Crippen LogP contribution < -0.4 is 9.47 Å². The Morgan fingerprint density at radius 2 is 1.82 bits per heavy atom. The minimum atomic E-state index is -3.15. The maximum absolute atomic E-state index is 13.3. The van der Waals surface area contributed by atoms with E-state index in [2.05, 4.69) is 0 Å². The maximum atomic E-state index is 13.3. The minimum absolute atomic E-state index is 0.0483. The van der Waals surface area contributed by atoms with Crippen molar-refractivity contribution in [3.8, 4) is 11.5 Å². The van der Waals surface area contributed by atoms with Gasteiger partial charge in [0.05, 0.1) is 11.5 Å². The van der Waals surface area contributed by atoms with Crippen molar-refractivity contribution in [2.45, 2.75) is 25.1 Å². The minimum Gasteiger partial charge on any atom is -0.485 e. The highest BCUT2D eigenvalue weighted by Crippen LogP contribution is 2.32. The molecule has 28 heavy (non-hydrogen) atoms. The molecule has 1 fully saturated rings. The molecule has 2 atom stereocenters. The third-order valence-electron chi connectivity index (χ3n) is 5.01. The van der Waals surface area contributed by atoms with Crippen LogP contribution in [-0.4, -0.2) is 49.5 Å². The van der Waals surface area contributed by atoms with Crippen molar-refractivity contribution in [2.75, 3.05) is 18.1 Å². The van der Waals surface area contributed by atoms with Crippen LogP contribution in [0.5, 0.6) is 11.5 Å². The number of nitrogens with zero attached hydrogens (tertiary/aromatic N) is 1. The summed E-state index contributed by atoms with van der Waals surface area (Å²) < 4.78 is 35.5. The number of hydrogen-bond donors (Lipinski definition) is 0. The summed E-state index contributed by atoms with van der Waals surface area (Å²) in [4.78, 5) is 14.9. The van der Waals surface area contributed by atoms with E-state index in [0.717, 1.165) is 5.56 Å². The maximum Gasteiger partial charge on any atom is 0.267 e. The molecule has 2 aliphatic rings. The van der Waals surface area contributed by atoms with Crippen LogP contribution in [-0.2, 0) is 21.2 Å². The molecular formula is C20H20ClNO5S. The number of sulfone groups is 1. The van der Waals surface area contributed by atoms with Crippen molar-refractivity contribution in [1.29, 1.82) is 0 Å². The second-order valence-corrected chi connectivity index (χ2v) is 9.61. The summed E-state index contributed by atoms with van der Waals surface area (Å²) in [5, 5.41) is 0.535. The smallest absolute Gasteiger partial charge is 0.267 e. The number of amides is 1. The fraction of sp³-hybridized carbons (Fsp3) is 0.350. The van der Waals surface area contributed by atoms with Gasteiger partial charge in [-0.05, 0) is 30.2 Å². The van der Waals surface area contributed by atoms with Crippen LogP contribution in [0.4, 0.5) is 0 Å². The molecule has 8 heteroatoms. The van der Waals surface area contributed by atoms with Crippen molar-refractivity contribution < 1.29 is 22.7 Å². The normalized spacial score (nSPS) is 22.6. The molecule has 148 valence electrons. The summed E-state index contributed by atoms with van der Waals surface area (Å²) in [5.74, 6) is 0.829. The van der Waals surface area contributed by atoms with Gasteiger partial charge in [0.15, 0.2) is 21.3 Å². The van der Waals surface area contributed by atoms with Crippen molar-refractivity contribution in [1.82, 2.24) is 4.90 Å². The molecule has 1 amide bonds. The largest absolute Gasteiger partial charge is 0.485 e. The van der Waals surface area contributed by atoms with E-state index < -0.39 is 22.0 Å².